The Labute approximate surface area is 330 Å². The lowest BCUT2D eigenvalue weighted by atomic mass is 9.98. The lowest BCUT2D eigenvalue weighted by Crippen LogP contribution is -2.09. The first-order valence-electron chi connectivity index (χ1n) is 19.4. The van der Waals surface area contributed by atoms with Crippen molar-refractivity contribution in [2.75, 3.05) is 4.90 Å². The summed E-state index contributed by atoms with van der Waals surface area (Å²) in [4.78, 5) is 2.31. The highest BCUT2D eigenvalue weighted by Crippen LogP contribution is 2.40. The number of fused-ring (bicyclic) bond motifs is 6. The Morgan fingerprint density at radius 2 is 0.789 bits per heavy atom. The van der Waals surface area contributed by atoms with Crippen LogP contribution < -0.4 is 4.90 Å². The summed E-state index contributed by atoms with van der Waals surface area (Å²) in [6.07, 6.45) is 0. The Bertz CT molecular complexity index is 3200. The largest absolute Gasteiger partial charge is 0.454 e. The van der Waals surface area contributed by atoms with Crippen LogP contribution in [0.25, 0.3) is 82.8 Å². The monoisotopic (exact) mass is 728 g/mol. The van der Waals surface area contributed by atoms with Gasteiger partial charge in [-0.3, -0.25) is 0 Å². The number of furan rings is 1. The lowest BCUT2D eigenvalue weighted by molar-refractivity contribution is 0.666. The van der Waals surface area contributed by atoms with Gasteiger partial charge in [-0.2, -0.15) is 0 Å². The van der Waals surface area contributed by atoms with Crippen LogP contribution in [-0.4, -0.2) is 4.57 Å². The van der Waals surface area contributed by atoms with Gasteiger partial charge in [-0.1, -0.05) is 152 Å². The third-order valence-electron chi connectivity index (χ3n) is 11.2. The van der Waals surface area contributed by atoms with E-state index in [1.807, 2.05) is 12.1 Å². The molecule has 0 atom stereocenters. The van der Waals surface area contributed by atoms with Crippen molar-refractivity contribution in [3.63, 3.8) is 0 Å². The third-order valence-corrected chi connectivity index (χ3v) is 11.2. The number of rotatable bonds is 7. The first-order chi connectivity index (χ1) is 28.3. The molecule has 11 aromatic rings. The number of hydrogen-bond donors (Lipinski definition) is 0. The molecule has 0 aliphatic carbocycles. The molecular weight excluding hydrogens is 693 g/mol. The van der Waals surface area contributed by atoms with E-state index in [2.05, 4.69) is 216 Å². The molecule has 9 aromatic carbocycles. The fourth-order valence-corrected chi connectivity index (χ4v) is 8.44. The Morgan fingerprint density at radius 3 is 1.47 bits per heavy atom. The van der Waals surface area contributed by atoms with Crippen molar-refractivity contribution in [1.29, 1.82) is 0 Å². The second kappa shape index (κ2) is 13.6. The van der Waals surface area contributed by atoms with Crippen molar-refractivity contribution in [2.24, 2.45) is 0 Å². The Balaban J connectivity index is 0.915. The van der Waals surface area contributed by atoms with Gasteiger partial charge in [-0.25, -0.2) is 0 Å². The lowest BCUT2D eigenvalue weighted by Gasteiger charge is -2.26. The van der Waals surface area contributed by atoms with E-state index in [0.717, 1.165) is 55.7 Å². The molecule has 57 heavy (non-hydrogen) atoms. The van der Waals surface area contributed by atoms with Gasteiger partial charge in [-0.15, -0.1) is 0 Å². The molecule has 0 aliphatic rings. The molecular formula is C54H36N2O. The zero-order valence-electron chi connectivity index (χ0n) is 31.1. The zero-order chi connectivity index (χ0) is 37.7. The normalized spacial score (nSPS) is 11.5. The van der Waals surface area contributed by atoms with Crippen molar-refractivity contribution >= 4 is 60.8 Å². The van der Waals surface area contributed by atoms with Gasteiger partial charge in [0.05, 0.1) is 16.7 Å². The van der Waals surface area contributed by atoms with E-state index in [1.165, 1.54) is 44.2 Å². The highest BCUT2D eigenvalue weighted by Gasteiger charge is 2.18. The molecule has 0 N–H and O–H groups in total. The number of para-hydroxylation sites is 4. The molecule has 3 heteroatoms. The van der Waals surface area contributed by atoms with Crippen LogP contribution in [0.3, 0.4) is 0 Å². The average Bonchev–Trinajstić information content (AvgIpc) is 3.83. The highest BCUT2D eigenvalue weighted by molar-refractivity contribution is 6.13. The molecule has 0 bridgehead atoms. The van der Waals surface area contributed by atoms with Crippen LogP contribution in [0.15, 0.2) is 223 Å². The summed E-state index contributed by atoms with van der Waals surface area (Å²) < 4.78 is 8.85. The number of benzene rings is 9. The fraction of sp³-hybridized carbons (Fsp3) is 0. The molecule has 2 heterocycles. The van der Waals surface area contributed by atoms with Gasteiger partial charge >= 0.3 is 0 Å². The molecule has 11 rings (SSSR count). The summed E-state index contributed by atoms with van der Waals surface area (Å²) in [5.41, 5.74) is 15.7. The molecule has 0 saturated heterocycles. The maximum absolute atomic E-state index is 6.50. The molecule has 0 spiro atoms. The van der Waals surface area contributed by atoms with Crippen molar-refractivity contribution in [3.05, 3.63) is 218 Å². The molecule has 0 fully saturated rings. The van der Waals surface area contributed by atoms with Gasteiger partial charge in [0.25, 0.3) is 0 Å². The highest BCUT2D eigenvalue weighted by atomic mass is 16.3. The van der Waals surface area contributed by atoms with Crippen molar-refractivity contribution < 1.29 is 4.42 Å². The molecule has 3 nitrogen and oxygen atoms in total. The third kappa shape index (κ3) is 5.68. The van der Waals surface area contributed by atoms with Crippen LogP contribution in [0.4, 0.5) is 17.1 Å². The maximum Gasteiger partial charge on any atom is 0.159 e. The van der Waals surface area contributed by atoms with Crippen LogP contribution in [0.1, 0.15) is 0 Å². The van der Waals surface area contributed by atoms with Gasteiger partial charge in [0.1, 0.15) is 5.58 Å². The smallest absolute Gasteiger partial charge is 0.159 e. The molecule has 0 saturated carbocycles. The average molecular weight is 729 g/mol. The number of aromatic nitrogens is 1. The predicted octanol–water partition coefficient (Wildman–Crippen LogP) is 15.2. The van der Waals surface area contributed by atoms with Crippen LogP contribution in [-0.2, 0) is 0 Å². The second-order valence-electron chi connectivity index (χ2n) is 14.5. The van der Waals surface area contributed by atoms with E-state index in [1.54, 1.807) is 0 Å². The van der Waals surface area contributed by atoms with E-state index in [-0.39, 0.29) is 0 Å². The summed E-state index contributed by atoms with van der Waals surface area (Å²) in [5, 5.41) is 4.70. The molecule has 2 aromatic heterocycles. The molecule has 0 aliphatic heterocycles. The number of anilines is 3. The summed E-state index contributed by atoms with van der Waals surface area (Å²) in [6.45, 7) is 0. The molecule has 0 radical (unpaired) electrons. The van der Waals surface area contributed by atoms with Crippen molar-refractivity contribution in [3.8, 4) is 39.1 Å². The van der Waals surface area contributed by atoms with Gasteiger partial charge in [0.15, 0.2) is 5.58 Å². The van der Waals surface area contributed by atoms with E-state index in [9.17, 15) is 0 Å². The molecule has 0 amide bonds. The van der Waals surface area contributed by atoms with Gasteiger partial charge in [-0.05, 0) is 100 Å². The van der Waals surface area contributed by atoms with Gasteiger partial charge < -0.3 is 13.9 Å². The Morgan fingerprint density at radius 1 is 0.316 bits per heavy atom. The summed E-state index contributed by atoms with van der Waals surface area (Å²) in [5.74, 6) is 0. The van der Waals surface area contributed by atoms with Crippen molar-refractivity contribution in [1.82, 2.24) is 4.57 Å². The van der Waals surface area contributed by atoms with E-state index < -0.39 is 0 Å². The van der Waals surface area contributed by atoms with Crippen LogP contribution in [0.2, 0.25) is 0 Å². The van der Waals surface area contributed by atoms with Gasteiger partial charge in [0.2, 0.25) is 0 Å². The molecule has 268 valence electrons. The summed E-state index contributed by atoms with van der Waals surface area (Å²) >= 11 is 0. The Kier molecular flexibility index (Phi) is 7.82. The molecule has 0 unspecified atom stereocenters. The zero-order valence-corrected chi connectivity index (χ0v) is 31.1. The maximum atomic E-state index is 6.50. The minimum atomic E-state index is 0.902. The van der Waals surface area contributed by atoms with E-state index >= 15 is 0 Å². The number of nitrogens with zero attached hydrogens (tertiary/aromatic N) is 2. The predicted molar refractivity (Wildman–Crippen MR) is 239 cm³/mol. The summed E-state index contributed by atoms with van der Waals surface area (Å²) in [7, 11) is 0. The van der Waals surface area contributed by atoms with E-state index in [4.69, 9.17) is 4.42 Å². The van der Waals surface area contributed by atoms with Gasteiger partial charge in [0, 0.05) is 38.6 Å². The summed E-state index contributed by atoms with van der Waals surface area (Å²) in [6, 6.07) is 78.0. The topological polar surface area (TPSA) is 21.3 Å². The fourth-order valence-electron chi connectivity index (χ4n) is 8.44. The van der Waals surface area contributed by atoms with Crippen LogP contribution in [0, 0.1) is 0 Å². The van der Waals surface area contributed by atoms with Crippen molar-refractivity contribution in [2.45, 2.75) is 0 Å². The quantitative estimate of drug-likeness (QED) is 0.163. The standard InChI is InChI=1S/C54H36N2O/c1-3-12-37(13-4-1)39-26-31-44(32-27-39)55(43-14-5-2-6-15-43)45-33-28-40(29-34-45)38-22-24-41(25-23-38)42-30-35-51-49(36-42)46-16-7-9-19-50(46)56(51)52-20-11-18-48-47-17-8-10-21-53(47)57-54(48)52/h1-36H. The Hall–Kier alpha value is -7.62. The second-order valence-corrected chi connectivity index (χ2v) is 14.5. The minimum Gasteiger partial charge on any atom is -0.454 e. The SMILES string of the molecule is c1ccc(-c2ccc(N(c3ccccc3)c3ccc(-c4ccc(-c5ccc6c(c5)c5ccccc5n6-c5cccc6c5oc5ccccc56)cc4)cc3)cc2)cc1. The first-order valence-corrected chi connectivity index (χ1v) is 19.4. The first kappa shape index (κ1) is 32.8. The van der Waals surface area contributed by atoms with E-state index in [0.29, 0.717) is 0 Å². The van der Waals surface area contributed by atoms with Crippen LogP contribution >= 0.6 is 0 Å². The minimum absolute atomic E-state index is 0.902. The van der Waals surface area contributed by atoms with Crippen LogP contribution in [0.5, 0.6) is 0 Å². The number of hydrogen-bond acceptors (Lipinski definition) is 2.